The maximum absolute atomic E-state index is 3.53. The SMILES string of the molecule is Ic1ccc(N2CCN(CN3CCC4(CCNCC4)CC3)CC2)cc1. The average molecular weight is 454 g/mol. The number of piperidine rings is 2. The molecule has 3 fully saturated rings. The summed E-state index contributed by atoms with van der Waals surface area (Å²) in [6.07, 6.45) is 5.62. The summed E-state index contributed by atoms with van der Waals surface area (Å²) in [5.41, 5.74) is 2.05. The van der Waals surface area contributed by atoms with Crippen LogP contribution in [0.2, 0.25) is 0 Å². The monoisotopic (exact) mass is 454 g/mol. The molecule has 3 aliphatic rings. The number of halogens is 1. The van der Waals surface area contributed by atoms with Crippen LogP contribution >= 0.6 is 22.6 Å². The molecule has 1 aromatic carbocycles. The summed E-state index contributed by atoms with van der Waals surface area (Å²) in [6.45, 7) is 11.0. The van der Waals surface area contributed by atoms with Gasteiger partial charge in [-0.1, -0.05) is 0 Å². The van der Waals surface area contributed by atoms with Crippen LogP contribution in [0, 0.1) is 8.99 Å². The summed E-state index contributed by atoms with van der Waals surface area (Å²) < 4.78 is 1.32. The lowest BCUT2D eigenvalue weighted by atomic mass is 9.72. The van der Waals surface area contributed by atoms with Gasteiger partial charge in [0.2, 0.25) is 0 Å². The summed E-state index contributed by atoms with van der Waals surface area (Å²) in [5, 5.41) is 3.53. The van der Waals surface area contributed by atoms with Crippen LogP contribution in [-0.4, -0.2) is 68.8 Å². The zero-order chi connectivity index (χ0) is 17.1. The van der Waals surface area contributed by atoms with Gasteiger partial charge in [-0.3, -0.25) is 9.80 Å². The first kappa shape index (κ1) is 18.0. The van der Waals surface area contributed by atoms with E-state index in [-0.39, 0.29) is 0 Å². The van der Waals surface area contributed by atoms with Gasteiger partial charge < -0.3 is 10.2 Å². The van der Waals surface area contributed by atoms with E-state index in [0.717, 1.165) is 13.1 Å². The first-order valence-corrected chi connectivity index (χ1v) is 11.0. The highest BCUT2D eigenvalue weighted by Crippen LogP contribution is 2.39. The number of likely N-dealkylation sites (tertiary alicyclic amines) is 1. The number of hydrogen-bond donors (Lipinski definition) is 1. The van der Waals surface area contributed by atoms with Crippen LogP contribution in [-0.2, 0) is 0 Å². The third-order valence-electron chi connectivity index (χ3n) is 6.55. The topological polar surface area (TPSA) is 21.8 Å². The second-order valence-electron chi connectivity index (χ2n) is 8.09. The molecule has 25 heavy (non-hydrogen) atoms. The highest BCUT2D eigenvalue weighted by molar-refractivity contribution is 14.1. The van der Waals surface area contributed by atoms with Crippen LogP contribution in [0.5, 0.6) is 0 Å². The smallest absolute Gasteiger partial charge is 0.0507 e. The van der Waals surface area contributed by atoms with Crippen molar-refractivity contribution in [2.45, 2.75) is 25.7 Å². The molecular formula is C20H31IN4. The first-order chi connectivity index (χ1) is 12.2. The minimum Gasteiger partial charge on any atom is -0.369 e. The Morgan fingerprint density at radius 3 is 2.04 bits per heavy atom. The lowest BCUT2D eigenvalue weighted by Crippen LogP contribution is -2.53. The molecule has 1 spiro atoms. The van der Waals surface area contributed by atoms with Gasteiger partial charge in [-0.2, -0.15) is 0 Å². The van der Waals surface area contributed by atoms with Crippen LogP contribution in [0.1, 0.15) is 25.7 Å². The molecule has 138 valence electrons. The van der Waals surface area contributed by atoms with Crippen molar-refractivity contribution < 1.29 is 0 Å². The molecule has 0 amide bonds. The van der Waals surface area contributed by atoms with Crippen LogP contribution in [0.25, 0.3) is 0 Å². The first-order valence-electron chi connectivity index (χ1n) is 9.89. The van der Waals surface area contributed by atoms with E-state index in [2.05, 4.69) is 66.9 Å². The zero-order valence-corrected chi connectivity index (χ0v) is 17.4. The lowest BCUT2D eigenvalue weighted by molar-refractivity contribution is 0.0373. The summed E-state index contributed by atoms with van der Waals surface area (Å²) in [5.74, 6) is 0. The second-order valence-corrected chi connectivity index (χ2v) is 9.34. The summed E-state index contributed by atoms with van der Waals surface area (Å²) >= 11 is 2.38. The Bertz CT molecular complexity index is 537. The van der Waals surface area contributed by atoms with E-state index in [4.69, 9.17) is 0 Å². The Kier molecular flexibility index (Phi) is 5.84. The Morgan fingerprint density at radius 2 is 1.40 bits per heavy atom. The summed E-state index contributed by atoms with van der Waals surface area (Å²) in [7, 11) is 0. The molecule has 1 N–H and O–H groups in total. The van der Waals surface area contributed by atoms with Gasteiger partial charge in [-0.15, -0.1) is 0 Å². The fourth-order valence-electron chi connectivity index (χ4n) is 4.71. The number of benzene rings is 1. The Balaban J connectivity index is 1.22. The molecule has 0 aromatic heterocycles. The molecule has 0 radical (unpaired) electrons. The van der Waals surface area contributed by atoms with Gasteiger partial charge in [0, 0.05) is 35.4 Å². The lowest BCUT2D eigenvalue weighted by Gasteiger charge is -2.46. The number of hydrogen-bond acceptors (Lipinski definition) is 4. The van der Waals surface area contributed by atoms with Crippen molar-refractivity contribution in [1.82, 2.24) is 15.1 Å². The fraction of sp³-hybridized carbons (Fsp3) is 0.700. The van der Waals surface area contributed by atoms with Gasteiger partial charge in [0.1, 0.15) is 0 Å². The summed E-state index contributed by atoms with van der Waals surface area (Å²) in [6, 6.07) is 8.96. The van der Waals surface area contributed by atoms with Crippen LogP contribution in [0.15, 0.2) is 24.3 Å². The van der Waals surface area contributed by atoms with Crippen molar-refractivity contribution in [3.05, 3.63) is 27.8 Å². The maximum Gasteiger partial charge on any atom is 0.0507 e. The fourth-order valence-corrected chi connectivity index (χ4v) is 5.07. The molecule has 4 rings (SSSR count). The molecule has 1 aromatic rings. The molecule has 0 saturated carbocycles. The van der Waals surface area contributed by atoms with Crippen molar-refractivity contribution in [2.24, 2.45) is 5.41 Å². The molecule has 3 aliphatic heterocycles. The van der Waals surface area contributed by atoms with E-state index < -0.39 is 0 Å². The van der Waals surface area contributed by atoms with E-state index in [1.807, 2.05) is 0 Å². The Morgan fingerprint density at radius 1 is 0.800 bits per heavy atom. The average Bonchev–Trinajstić information content (AvgIpc) is 2.66. The van der Waals surface area contributed by atoms with Gasteiger partial charge in [0.25, 0.3) is 0 Å². The Hall–Kier alpha value is -0.370. The van der Waals surface area contributed by atoms with E-state index in [1.165, 1.54) is 80.9 Å². The van der Waals surface area contributed by atoms with E-state index in [1.54, 1.807) is 0 Å². The van der Waals surface area contributed by atoms with Crippen molar-refractivity contribution in [1.29, 1.82) is 0 Å². The quantitative estimate of drug-likeness (QED) is 0.710. The number of piperazine rings is 1. The van der Waals surface area contributed by atoms with Gasteiger partial charge in [-0.05, 0) is 104 Å². The molecule has 0 atom stereocenters. The summed E-state index contributed by atoms with van der Waals surface area (Å²) in [4.78, 5) is 7.89. The maximum atomic E-state index is 3.53. The number of anilines is 1. The van der Waals surface area contributed by atoms with E-state index >= 15 is 0 Å². The minimum atomic E-state index is 0.672. The standard InChI is InChI=1S/C20H31IN4/c21-18-1-3-19(4-2-18)25-15-13-24(14-16-25)17-23-11-7-20(8-12-23)5-9-22-10-6-20/h1-4,22H,5-17H2. The highest BCUT2D eigenvalue weighted by atomic mass is 127. The second kappa shape index (κ2) is 8.11. The minimum absolute atomic E-state index is 0.672. The molecule has 0 unspecified atom stereocenters. The van der Waals surface area contributed by atoms with Crippen LogP contribution in [0.4, 0.5) is 5.69 Å². The van der Waals surface area contributed by atoms with E-state index in [0.29, 0.717) is 5.41 Å². The van der Waals surface area contributed by atoms with E-state index in [9.17, 15) is 0 Å². The van der Waals surface area contributed by atoms with Gasteiger partial charge in [-0.25, -0.2) is 0 Å². The normalized spacial score (nSPS) is 25.4. The van der Waals surface area contributed by atoms with Crippen LogP contribution < -0.4 is 10.2 Å². The predicted molar refractivity (Wildman–Crippen MR) is 113 cm³/mol. The molecular weight excluding hydrogens is 423 g/mol. The highest BCUT2D eigenvalue weighted by Gasteiger charge is 2.35. The number of nitrogens with zero attached hydrogens (tertiary/aromatic N) is 3. The molecule has 4 nitrogen and oxygen atoms in total. The molecule has 3 saturated heterocycles. The van der Waals surface area contributed by atoms with Gasteiger partial charge in [0.05, 0.1) is 6.67 Å². The number of nitrogens with one attached hydrogen (secondary N) is 1. The van der Waals surface area contributed by atoms with Crippen LogP contribution in [0.3, 0.4) is 0 Å². The van der Waals surface area contributed by atoms with Crippen molar-refractivity contribution in [3.8, 4) is 0 Å². The van der Waals surface area contributed by atoms with Gasteiger partial charge >= 0.3 is 0 Å². The van der Waals surface area contributed by atoms with Crippen molar-refractivity contribution in [3.63, 3.8) is 0 Å². The largest absolute Gasteiger partial charge is 0.369 e. The molecule has 3 heterocycles. The molecule has 0 aliphatic carbocycles. The zero-order valence-electron chi connectivity index (χ0n) is 15.2. The van der Waals surface area contributed by atoms with Crippen molar-refractivity contribution >= 4 is 28.3 Å². The molecule has 5 heteroatoms. The predicted octanol–water partition coefficient (Wildman–Crippen LogP) is 2.84. The third-order valence-corrected chi connectivity index (χ3v) is 7.26. The Labute approximate surface area is 166 Å². The van der Waals surface area contributed by atoms with Crippen molar-refractivity contribution in [2.75, 3.05) is 63.9 Å². The number of rotatable bonds is 3. The molecule has 0 bridgehead atoms. The third kappa shape index (κ3) is 4.49. The van der Waals surface area contributed by atoms with Gasteiger partial charge in [0.15, 0.2) is 0 Å².